The Balaban J connectivity index is 2.18. The van der Waals surface area contributed by atoms with Gasteiger partial charge in [-0.3, -0.25) is 9.59 Å². The molecule has 0 radical (unpaired) electrons. The van der Waals surface area contributed by atoms with Crippen LogP contribution in [0.4, 0.5) is 11.4 Å². The maximum absolute atomic E-state index is 11.7. The second kappa shape index (κ2) is 5.35. The van der Waals surface area contributed by atoms with Crippen LogP contribution in [0.2, 0.25) is 0 Å². The van der Waals surface area contributed by atoms with Gasteiger partial charge in [-0.05, 0) is 45.7 Å². The molecule has 0 aromatic heterocycles. The summed E-state index contributed by atoms with van der Waals surface area (Å²) in [6.45, 7) is 10.5. The summed E-state index contributed by atoms with van der Waals surface area (Å²) in [5, 5.41) is 6.20. The Morgan fingerprint density at radius 3 is 2.24 bits per heavy atom. The molecule has 4 heteroatoms. The zero-order chi connectivity index (χ0) is 15.8. The summed E-state index contributed by atoms with van der Waals surface area (Å²) in [6.07, 6.45) is 0. The molecule has 0 bridgehead atoms. The molecule has 0 aliphatic carbocycles. The van der Waals surface area contributed by atoms with Crippen LogP contribution in [0, 0.1) is 13.8 Å². The minimum Gasteiger partial charge on any atom is -0.376 e. The highest BCUT2D eigenvalue weighted by atomic mass is 16.2. The Hall–Kier alpha value is -2.10. The van der Waals surface area contributed by atoms with E-state index in [2.05, 4.69) is 28.8 Å². The first kappa shape index (κ1) is 15.3. The molecular formula is C17H22N2O2. The molecule has 21 heavy (non-hydrogen) atoms. The van der Waals surface area contributed by atoms with Crippen molar-refractivity contribution in [3.63, 3.8) is 0 Å². The van der Waals surface area contributed by atoms with Gasteiger partial charge < -0.3 is 10.6 Å². The van der Waals surface area contributed by atoms with E-state index in [-0.39, 0.29) is 5.54 Å². The van der Waals surface area contributed by atoms with E-state index in [1.165, 1.54) is 5.56 Å². The van der Waals surface area contributed by atoms with Crippen molar-refractivity contribution in [2.24, 2.45) is 0 Å². The summed E-state index contributed by atoms with van der Waals surface area (Å²) in [7, 11) is 0. The molecule has 0 heterocycles. The molecule has 4 nitrogen and oxygen atoms in total. The molecule has 0 saturated heterocycles. The Morgan fingerprint density at radius 2 is 1.62 bits per heavy atom. The Labute approximate surface area is 124 Å². The normalized spacial score (nSPS) is 11.7. The molecule has 0 fully saturated rings. The van der Waals surface area contributed by atoms with E-state index >= 15 is 0 Å². The summed E-state index contributed by atoms with van der Waals surface area (Å²) < 4.78 is 0. The molecule has 2 aromatic rings. The van der Waals surface area contributed by atoms with Crippen LogP contribution in [-0.4, -0.2) is 5.54 Å². The third kappa shape index (κ3) is 3.32. The van der Waals surface area contributed by atoms with Crippen LogP contribution in [0.5, 0.6) is 0 Å². The molecule has 0 atom stereocenters. The third-order valence-corrected chi connectivity index (χ3v) is 3.37. The van der Waals surface area contributed by atoms with Crippen LogP contribution in [0.15, 0.2) is 27.8 Å². The fraction of sp³-hybridized carbons (Fsp3) is 0.412. The lowest BCUT2D eigenvalue weighted by molar-refractivity contribution is 0.632. The fourth-order valence-corrected chi connectivity index (χ4v) is 2.23. The first-order chi connectivity index (χ1) is 9.69. The number of nitrogens with one attached hydrogen (secondary N) is 2. The van der Waals surface area contributed by atoms with Gasteiger partial charge in [0.2, 0.25) is 0 Å². The summed E-state index contributed by atoms with van der Waals surface area (Å²) in [5.74, 6) is 0. The summed E-state index contributed by atoms with van der Waals surface area (Å²) in [5.41, 5.74) is 3.14. The minimum absolute atomic E-state index is 0.252. The third-order valence-electron chi connectivity index (χ3n) is 3.37. The Morgan fingerprint density at radius 1 is 1.00 bits per heavy atom. The molecule has 0 aliphatic heterocycles. The highest BCUT2D eigenvalue weighted by molar-refractivity contribution is 5.74. The molecule has 0 amide bonds. The molecule has 0 unspecified atom stereocenters. The zero-order valence-electron chi connectivity index (χ0n) is 13.3. The second-order valence-corrected chi connectivity index (χ2v) is 6.57. The van der Waals surface area contributed by atoms with Gasteiger partial charge in [-0.25, -0.2) is 0 Å². The molecule has 0 spiro atoms. The van der Waals surface area contributed by atoms with Crippen LogP contribution in [-0.2, 0) is 6.54 Å². The number of rotatable bonds is 4. The lowest BCUT2D eigenvalue weighted by Gasteiger charge is -2.25. The number of benzene rings is 1. The van der Waals surface area contributed by atoms with E-state index < -0.39 is 10.9 Å². The zero-order valence-corrected chi connectivity index (χ0v) is 13.3. The van der Waals surface area contributed by atoms with Gasteiger partial charge in [-0.2, -0.15) is 0 Å². The fourth-order valence-electron chi connectivity index (χ4n) is 2.23. The molecular weight excluding hydrogens is 264 g/mol. The van der Waals surface area contributed by atoms with Gasteiger partial charge in [-0.15, -0.1) is 0 Å². The molecule has 0 saturated carbocycles. The summed E-state index contributed by atoms with van der Waals surface area (Å²) >= 11 is 0. The van der Waals surface area contributed by atoms with Gasteiger partial charge >= 0.3 is 0 Å². The first-order valence-electron chi connectivity index (χ1n) is 7.10. The number of hydrogen-bond donors (Lipinski definition) is 2. The quantitative estimate of drug-likeness (QED) is 0.849. The van der Waals surface area contributed by atoms with Crippen LogP contribution in [0.3, 0.4) is 0 Å². The smallest absolute Gasteiger partial charge is 0.253 e. The number of aryl methyl sites for hydroxylation is 2. The summed E-state index contributed by atoms with van der Waals surface area (Å²) in [6, 6.07) is 6.20. The first-order valence-corrected chi connectivity index (χ1v) is 7.10. The lowest BCUT2D eigenvalue weighted by Crippen LogP contribution is -2.41. The van der Waals surface area contributed by atoms with Gasteiger partial charge in [0.15, 0.2) is 0 Å². The maximum Gasteiger partial charge on any atom is 0.253 e. The second-order valence-electron chi connectivity index (χ2n) is 6.57. The average molecular weight is 286 g/mol. The largest absolute Gasteiger partial charge is 0.376 e. The van der Waals surface area contributed by atoms with Gasteiger partial charge in [0, 0.05) is 12.1 Å². The SMILES string of the molecule is Cc1ccc(C)c(CNc2c(NC(C)(C)C)c(=O)c2=O)c1. The van der Waals surface area contributed by atoms with E-state index in [1.807, 2.05) is 34.6 Å². The number of hydrogen-bond acceptors (Lipinski definition) is 4. The van der Waals surface area contributed by atoms with Gasteiger partial charge in [0.05, 0.1) is 0 Å². The standard InChI is InChI=1S/C17H22N2O2/c1-10-6-7-11(2)12(8-10)9-18-13-14(16(21)15(13)20)19-17(3,4)5/h6-8,18-19H,9H2,1-5H3. The van der Waals surface area contributed by atoms with Crippen molar-refractivity contribution < 1.29 is 0 Å². The van der Waals surface area contributed by atoms with Crippen molar-refractivity contribution in [2.75, 3.05) is 10.6 Å². The average Bonchev–Trinajstić information content (AvgIpc) is 2.39. The minimum atomic E-state index is -0.438. The molecule has 112 valence electrons. The maximum atomic E-state index is 11.7. The van der Waals surface area contributed by atoms with E-state index in [4.69, 9.17) is 0 Å². The predicted octanol–water partition coefficient (Wildman–Crippen LogP) is 2.72. The van der Waals surface area contributed by atoms with E-state index in [0.29, 0.717) is 17.9 Å². The van der Waals surface area contributed by atoms with Gasteiger partial charge in [0.25, 0.3) is 10.9 Å². The van der Waals surface area contributed by atoms with E-state index in [0.717, 1.165) is 11.1 Å². The Kier molecular flexibility index (Phi) is 3.90. The molecule has 0 aliphatic rings. The van der Waals surface area contributed by atoms with Crippen molar-refractivity contribution >= 4 is 11.4 Å². The van der Waals surface area contributed by atoms with Crippen LogP contribution in [0.1, 0.15) is 37.5 Å². The van der Waals surface area contributed by atoms with Crippen molar-refractivity contribution in [2.45, 2.75) is 46.7 Å². The van der Waals surface area contributed by atoms with Crippen LogP contribution in [0.25, 0.3) is 0 Å². The molecule has 2 aromatic carbocycles. The van der Waals surface area contributed by atoms with Crippen molar-refractivity contribution in [3.8, 4) is 0 Å². The lowest BCUT2D eigenvalue weighted by atomic mass is 10.0. The Bertz CT molecular complexity index is 732. The van der Waals surface area contributed by atoms with E-state index in [1.54, 1.807) is 0 Å². The van der Waals surface area contributed by atoms with E-state index in [9.17, 15) is 9.59 Å². The highest BCUT2D eigenvalue weighted by Crippen LogP contribution is 2.21. The summed E-state index contributed by atoms with van der Waals surface area (Å²) in [4.78, 5) is 23.4. The van der Waals surface area contributed by atoms with Gasteiger partial charge in [0.1, 0.15) is 11.4 Å². The monoisotopic (exact) mass is 286 g/mol. The van der Waals surface area contributed by atoms with Crippen molar-refractivity contribution in [3.05, 3.63) is 55.3 Å². The van der Waals surface area contributed by atoms with Crippen LogP contribution < -0.4 is 21.5 Å². The predicted molar refractivity (Wildman–Crippen MR) is 88.0 cm³/mol. The highest BCUT2D eigenvalue weighted by Gasteiger charge is 2.24. The van der Waals surface area contributed by atoms with Crippen LogP contribution >= 0.6 is 0 Å². The van der Waals surface area contributed by atoms with Gasteiger partial charge in [-0.1, -0.05) is 23.8 Å². The van der Waals surface area contributed by atoms with Crippen molar-refractivity contribution in [1.29, 1.82) is 0 Å². The topological polar surface area (TPSA) is 58.2 Å². The molecule has 2 N–H and O–H groups in total. The van der Waals surface area contributed by atoms with Crippen molar-refractivity contribution in [1.82, 2.24) is 0 Å². The molecule has 2 rings (SSSR count). The number of anilines is 2.